The fourth-order valence-electron chi connectivity index (χ4n) is 3.13. The Kier molecular flexibility index (Phi) is 5.30. The van der Waals surface area contributed by atoms with Crippen LogP contribution in [0.4, 0.5) is 16.2 Å². The zero-order valence-corrected chi connectivity index (χ0v) is 16.5. The second-order valence-corrected chi connectivity index (χ2v) is 6.51. The minimum absolute atomic E-state index is 0.110. The number of hydrogen-bond donors (Lipinski definition) is 2. The molecule has 0 radical (unpaired) electrons. The number of ether oxygens (including phenoxy) is 2. The van der Waals surface area contributed by atoms with Gasteiger partial charge in [-0.15, -0.1) is 0 Å². The number of aromatic nitrogens is 3. The van der Waals surface area contributed by atoms with Crippen LogP contribution in [0.25, 0.3) is 22.3 Å². The third kappa shape index (κ3) is 3.80. The van der Waals surface area contributed by atoms with Crippen LogP contribution in [0.5, 0.6) is 11.5 Å². The molecule has 4 aromatic rings. The number of hydrogen-bond acceptors (Lipinski definition) is 7. The molecule has 30 heavy (non-hydrogen) atoms. The lowest BCUT2D eigenvalue weighted by molar-refractivity contribution is 0.355. The fourth-order valence-corrected chi connectivity index (χ4v) is 3.13. The number of nitrogens with one attached hydrogen (secondary N) is 1. The summed E-state index contributed by atoms with van der Waals surface area (Å²) in [6.45, 7) is 0.237. The molecule has 8 heteroatoms. The van der Waals surface area contributed by atoms with Crippen LogP contribution < -0.4 is 20.5 Å². The van der Waals surface area contributed by atoms with Crippen molar-refractivity contribution in [3.63, 3.8) is 0 Å². The largest absolute Gasteiger partial charge is 0.493 e. The lowest BCUT2D eigenvalue weighted by Gasteiger charge is -2.12. The number of nitrogen functional groups attached to an aromatic ring is 1. The van der Waals surface area contributed by atoms with Gasteiger partial charge < -0.3 is 20.5 Å². The molecular formula is C22H20FN5O2. The van der Waals surface area contributed by atoms with Crippen LogP contribution in [0.1, 0.15) is 5.56 Å². The second kappa shape index (κ2) is 8.20. The Balaban J connectivity index is 1.74. The molecule has 0 saturated carbocycles. The van der Waals surface area contributed by atoms with Crippen molar-refractivity contribution in [1.82, 2.24) is 15.0 Å². The summed E-state index contributed by atoms with van der Waals surface area (Å²) in [5.74, 6) is 1.48. The first-order valence-corrected chi connectivity index (χ1v) is 9.23. The summed E-state index contributed by atoms with van der Waals surface area (Å²) >= 11 is 0. The Morgan fingerprint density at radius 2 is 1.73 bits per heavy atom. The first-order chi connectivity index (χ1) is 14.6. The maximum atomic E-state index is 14.0. The molecule has 0 aliphatic heterocycles. The average Bonchev–Trinajstić information content (AvgIpc) is 2.77. The van der Waals surface area contributed by atoms with Crippen molar-refractivity contribution in [2.45, 2.75) is 6.54 Å². The summed E-state index contributed by atoms with van der Waals surface area (Å²) in [4.78, 5) is 13.2. The maximum Gasteiger partial charge on any atom is 0.222 e. The average molecular weight is 405 g/mol. The van der Waals surface area contributed by atoms with Gasteiger partial charge in [-0.1, -0.05) is 18.2 Å². The predicted molar refractivity (Wildman–Crippen MR) is 114 cm³/mol. The smallest absolute Gasteiger partial charge is 0.222 e. The van der Waals surface area contributed by atoms with Crippen molar-refractivity contribution in [3.05, 3.63) is 66.0 Å². The molecule has 0 amide bonds. The molecule has 2 aromatic carbocycles. The molecule has 0 bridgehead atoms. The number of anilines is 2. The summed E-state index contributed by atoms with van der Waals surface area (Å²) in [6, 6.07) is 15.8. The molecule has 0 aliphatic rings. The van der Waals surface area contributed by atoms with Crippen LogP contribution in [0.15, 0.2) is 54.6 Å². The lowest BCUT2D eigenvalue weighted by atomic mass is 10.1. The van der Waals surface area contributed by atoms with Crippen LogP contribution in [-0.2, 0) is 6.54 Å². The van der Waals surface area contributed by atoms with Crippen LogP contribution in [0.3, 0.4) is 0 Å². The summed E-state index contributed by atoms with van der Waals surface area (Å²) in [6.07, 6.45) is 0. The molecule has 152 valence electrons. The number of benzene rings is 2. The van der Waals surface area contributed by atoms with Crippen LogP contribution in [-0.4, -0.2) is 29.2 Å². The van der Waals surface area contributed by atoms with E-state index in [1.54, 1.807) is 32.4 Å². The molecule has 0 aliphatic carbocycles. The van der Waals surface area contributed by atoms with E-state index >= 15 is 0 Å². The number of nitrogens with zero attached hydrogens (tertiary/aromatic N) is 3. The van der Waals surface area contributed by atoms with E-state index in [2.05, 4.69) is 15.3 Å². The fraction of sp³-hybridized carbons (Fsp3) is 0.136. The third-order valence-corrected chi connectivity index (χ3v) is 4.64. The van der Waals surface area contributed by atoms with E-state index in [0.717, 1.165) is 5.56 Å². The lowest BCUT2D eigenvalue weighted by Crippen LogP contribution is -2.07. The van der Waals surface area contributed by atoms with Crippen LogP contribution in [0.2, 0.25) is 0 Å². The summed E-state index contributed by atoms with van der Waals surface area (Å²) in [5.41, 5.74) is 9.02. The Bertz CT molecular complexity index is 1220. The highest BCUT2D eigenvalue weighted by Gasteiger charge is 2.12. The normalized spacial score (nSPS) is 10.8. The molecule has 0 unspecified atom stereocenters. The third-order valence-electron chi connectivity index (χ3n) is 4.64. The predicted octanol–water partition coefficient (Wildman–Crippen LogP) is 4.04. The molecule has 0 spiro atoms. The molecule has 3 N–H and O–H groups in total. The maximum absolute atomic E-state index is 14.0. The number of nitrogens with two attached hydrogens (primary N) is 1. The van der Waals surface area contributed by atoms with Crippen molar-refractivity contribution in [2.24, 2.45) is 0 Å². The van der Waals surface area contributed by atoms with Gasteiger partial charge in [-0.05, 0) is 36.4 Å². The molecule has 0 fully saturated rings. The van der Waals surface area contributed by atoms with E-state index in [1.165, 1.54) is 6.07 Å². The summed E-state index contributed by atoms with van der Waals surface area (Å²) < 4.78 is 24.6. The number of fused-ring (bicyclic) bond motifs is 1. The minimum atomic E-state index is -0.296. The van der Waals surface area contributed by atoms with Crippen molar-refractivity contribution >= 4 is 22.8 Å². The number of rotatable bonds is 6. The van der Waals surface area contributed by atoms with Crippen molar-refractivity contribution in [2.75, 3.05) is 25.3 Å². The zero-order valence-electron chi connectivity index (χ0n) is 16.5. The molecular weight excluding hydrogens is 385 g/mol. The summed E-state index contributed by atoms with van der Waals surface area (Å²) in [7, 11) is 3.16. The van der Waals surface area contributed by atoms with E-state index in [9.17, 15) is 4.39 Å². The Morgan fingerprint density at radius 1 is 0.933 bits per heavy atom. The van der Waals surface area contributed by atoms with E-state index in [4.69, 9.17) is 20.2 Å². The van der Waals surface area contributed by atoms with Gasteiger partial charge in [-0.2, -0.15) is 4.98 Å². The van der Waals surface area contributed by atoms with Gasteiger partial charge in [0.15, 0.2) is 17.3 Å². The van der Waals surface area contributed by atoms with Crippen LogP contribution in [0, 0.1) is 5.82 Å². The Morgan fingerprint density at radius 3 is 2.50 bits per heavy atom. The minimum Gasteiger partial charge on any atom is -0.493 e. The zero-order chi connectivity index (χ0) is 21.1. The first kappa shape index (κ1) is 19.4. The second-order valence-electron chi connectivity index (χ2n) is 6.51. The summed E-state index contributed by atoms with van der Waals surface area (Å²) in [5, 5.41) is 3.13. The number of methoxy groups -OCH3 is 2. The monoisotopic (exact) mass is 405 g/mol. The van der Waals surface area contributed by atoms with E-state index < -0.39 is 0 Å². The topological polar surface area (TPSA) is 95.2 Å². The van der Waals surface area contributed by atoms with Gasteiger partial charge in [0.1, 0.15) is 11.3 Å². The Labute approximate surface area is 172 Å². The highest BCUT2D eigenvalue weighted by molar-refractivity contribution is 5.88. The van der Waals surface area contributed by atoms with Gasteiger partial charge in [0.2, 0.25) is 5.95 Å². The van der Waals surface area contributed by atoms with E-state index in [1.807, 2.05) is 30.3 Å². The van der Waals surface area contributed by atoms with Gasteiger partial charge in [0.05, 0.1) is 25.4 Å². The Hall–Kier alpha value is -3.94. The van der Waals surface area contributed by atoms with Gasteiger partial charge in [0.25, 0.3) is 0 Å². The number of pyridine rings is 1. The van der Waals surface area contributed by atoms with Gasteiger partial charge in [0, 0.05) is 17.7 Å². The SMILES string of the molecule is COc1ccc(-c2ccc3nc(N)nc(NCc4ccccc4F)c3n2)cc1OC. The number of halogens is 1. The molecule has 0 atom stereocenters. The molecule has 0 saturated heterocycles. The van der Waals surface area contributed by atoms with E-state index in [-0.39, 0.29) is 18.3 Å². The molecule has 2 aromatic heterocycles. The van der Waals surface area contributed by atoms with E-state index in [0.29, 0.717) is 39.6 Å². The van der Waals surface area contributed by atoms with Crippen molar-refractivity contribution < 1.29 is 13.9 Å². The molecule has 7 nitrogen and oxygen atoms in total. The highest BCUT2D eigenvalue weighted by atomic mass is 19.1. The molecule has 2 heterocycles. The first-order valence-electron chi connectivity index (χ1n) is 9.23. The van der Waals surface area contributed by atoms with Crippen LogP contribution >= 0.6 is 0 Å². The standard InChI is InChI=1S/C22H20FN5O2/c1-29-18-10-7-13(11-19(18)30-2)16-8-9-17-20(26-16)21(28-22(24)27-17)25-12-14-5-3-4-6-15(14)23/h3-11H,12H2,1-2H3,(H3,24,25,27,28). The van der Waals surface area contributed by atoms with Crippen molar-refractivity contribution in [3.8, 4) is 22.8 Å². The quantitative estimate of drug-likeness (QED) is 0.500. The van der Waals surface area contributed by atoms with Gasteiger partial charge >= 0.3 is 0 Å². The van der Waals surface area contributed by atoms with Gasteiger partial charge in [-0.25, -0.2) is 14.4 Å². The van der Waals surface area contributed by atoms with Gasteiger partial charge in [-0.3, -0.25) is 0 Å². The van der Waals surface area contributed by atoms with Crippen molar-refractivity contribution in [1.29, 1.82) is 0 Å². The molecule has 4 rings (SSSR count). The highest BCUT2D eigenvalue weighted by Crippen LogP contribution is 2.32.